The molecule has 0 aliphatic carbocycles. The van der Waals surface area contributed by atoms with E-state index in [2.05, 4.69) is 4.72 Å². The highest BCUT2D eigenvalue weighted by Gasteiger charge is 2.26. The van der Waals surface area contributed by atoms with Gasteiger partial charge in [-0.05, 0) is 32.0 Å². The number of aryl methyl sites for hydroxylation is 2. The number of hydrogen-bond acceptors (Lipinski definition) is 4. The molecule has 1 heterocycles. The van der Waals surface area contributed by atoms with Crippen LogP contribution in [0, 0.1) is 19.7 Å². The molecule has 0 saturated heterocycles. The summed E-state index contributed by atoms with van der Waals surface area (Å²) in [6, 6.07) is 3.43. The fraction of sp³-hybridized carbons (Fsp3) is 0.231. The van der Waals surface area contributed by atoms with Gasteiger partial charge in [0.15, 0.2) is 0 Å². The lowest BCUT2D eigenvalue weighted by molar-refractivity contribution is 0.494. The zero-order valence-electron chi connectivity index (χ0n) is 11.4. The molecule has 1 aromatic carbocycles. The summed E-state index contributed by atoms with van der Waals surface area (Å²) in [5.74, 6) is 0.0231. The Labute approximate surface area is 126 Å². The van der Waals surface area contributed by atoms with Crippen LogP contribution >= 0.6 is 11.6 Å². The van der Waals surface area contributed by atoms with Gasteiger partial charge in [-0.3, -0.25) is 4.72 Å². The fourth-order valence-electron chi connectivity index (χ4n) is 2.12. The quantitative estimate of drug-likeness (QED) is 0.901. The van der Waals surface area contributed by atoms with Gasteiger partial charge in [-0.25, -0.2) is 12.8 Å². The van der Waals surface area contributed by atoms with E-state index in [0.717, 1.165) is 12.1 Å². The Morgan fingerprint density at radius 3 is 2.52 bits per heavy atom. The molecule has 0 bridgehead atoms. The van der Waals surface area contributed by atoms with E-state index in [0.29, 0.717) is 11.3 Å². The van der Waals surface area contributed by atoms with Crippen molar-refractivity contribution in [3.8, 4) is 0 Å². The highest BCUT2D eigenvalue weighted by molar-refractivity contribution is 7.92. The number of halogens is 2. The monoisotopic (exact) mass is 332 g/mol. The molecule has 0 unspecified atom stereocenters. The molecular formula is C13H14ClFN2O3S. The van der Waals surface area contributed by atoms with Crippen LogP contribution in [-0.2, 0) is 16.6 Å². The van der Waals surface area contributed by atoms with Crippen LogP contribution in [0.2, 0.25) is 5.02 Å². The zero-order valence-corrected chi connectivity index (χ0v) is 13.0. The third-order valence-corrected chi connectivity index (χ3v) is 4.71. The normalized spacial score (nSPS) is 11.7. The van der Waals surface area contributed by atoms with Gasteiger partial charge in [0, 0.05) is 17.1 Å². The van der Waals surface area contributed by atoms with Crippen molar-refractivity contribution in [1.82, 2.24) is 0 Å². The second kappa shape index (κ2) is 5.67. The van der Waals surface area contributed by atoms with Crippen LogP contribution in [0.25, 0.3) is 0 Å². The average Bonchev–Trinajstić information content (AvgIpc) is 2.61. The standard InChI is InChI=1S/C13H14ClFN2O3S/c1-7-12(6-16)13(8(2)20-7)21(18,19)17-11-4-9(14)3-10(15)5-11/h3-5,17H,6,16H2,1-2H3. The minimum Gasteiger partial charge on any atom is -0.465 e. The van der Waals surface area contributed by atoms with E-state index >= 15 is 0 Å². The Kier molecular flexibility index (Phi) is 4.27. The maximum Gasteiger partial charge on any atom is 0.265 e. The van der Waals surface area contributed by atoms with Crippen LogP contribution < -0.4 is 10.5 Å². The molecule has 0 amide bonds. The van der Waals surface area contributed by atoms with Gasteiger partial charge in [0.2, 0.25) is 0 Å². The molecule has 0 radical (unpaired) electrons. The Morgan fingerprint density at radius 1 is 1.29 bits per heavy atom. The fourth-order valence-corrected chi connectivity index (χ4v) is 3.84. The number of sulfonamides is 1. The summed E-state index contributed by atoms with van der Waals surface area (Å²) in [5, 5.41) is 0.0897. The van der Waals surface area contributed by atoms with Crippen LogP contribution in [0.1, 0.15) is 17.1 Å². The highest BCUT2D eigenvalue weighted by Crippen LogP contribution is 2.28. The first kappa shape index (κ1) is 15.8. The predicted octanol–water partition coefficient (Wildman–Crippen LogP) is 2.95. The number of rotatable bonds is 4. The number of nitrogens with two attached hydrogens (primary N) is 1. The Morgan fingerprint density at radius 2 is 1.95 bits per heavy atom. The number of nitrogens with one attached hydrogen (secondary N) is 1. The van der Waals surface area contributed by atoms with Crippen molar-refractivity contribution < 1.29 is 17.2 Å². The molecule has 2 aromatic rings. The first-order chi connectivity index (χ1) is 9.74. The van der Waals surface area contributed by atoms with E-state index in [4.69, 9.17) is 21.8 Å². The molecule has 0 fully saturated rings. The third kappa shape index (κ3) is 3.20. The van der Waals surface area contributed by atoms with Gasteiger partial charge in [-0.1, -0.05) is 11.6 Å². The van der Waals surface area contributed by atoms with E-state index in [1.54, 1.807) is 6.92 Å². The SMILES string of the molecule is Cc1oc(C)c(S(=O)(=O)Nc2cc(F)cc(Cl)c2)c1CN. The van der Waals surface area contributed by atoms with Crippen molar-refractivity contribution in [2.75, 3.05) is 4.72 Å². The molecular weight excluding hydrogens is 319 g/mol. The summed E-state index contributed by atoms with van der Waals surface area (Å²) in [6.07, 6.45) is 0. The Balaban J connectivity index is 2.48. The van der Waals surface area contributed by atoms with Crippen molar-refractivity contribution in [2.24, 2.45) is 5.73 Å². The maximum atomic E-state index is 13.3. The molecule has 114 valence electrons. The lowest BCUT2D eigenvalue weighted by atomic mass is 10.2. The van der Waals surface area contributed by atoms with Gasteiger partial charge in [-0.15, -0.1) is 0 Å². The summed E-state index contributed by atoms with van der Waals surface area (Å²) in [6.45, 7) is 3.18. The largest absolute Gasteiger partial charge is 0.465 e. The molecule has 2 rings (SSSR count). The van der Waals surface area contributed by atoms with Gasteiger partial charge in [0.25, 0.3) is 10.0 Å². The molecule has 0 aliphatic heterocycles. The van der Waals surface area contributed by atoms with Crippen molar-refractivity contribution in [3.05, 3.63) is 46.1 Å². The zero-order chi connectivity index (χ0) is 15.8. The lowest BCUT2D eigenvalue weighted by Crippen LogP contribution is -2.16. The van der Waals surface area contributed by atoms with Gasteiger partial charge < -0.3 is 10.2 Å². The minimum atomic E-state index is -3.95. The van der Waals surface area contributed by atoms with Crippen LogP contribution in [0.15, 0.2) is 27.5 Å². The van der Waals surface area contributed by atoms with Gasteiger partial charge in [0.05, 0.1) is 5.69 Å². The topological polar surface area (TPSA) is 85.3 Å². The maximum absolute atomic E-state index is 13.3. The van der Waals surface area contributed by atoms with E-state index in [-0.39, 0.29) is 27.9 Å². The second-order valence-electron chi connectivity index (χ2n) is 4.49. The Hall–Kier alpha value is -1.57. The molecule has 1 aromatic heterocycles. The highest BCUT2D eigenvalue weighted by atomic mass is 35.5. The molecule has 0 saturated carbocycles. The van der Waals surface area contributed by atoms with Crippen LogP contribution in [0.5, 0.6) is 0 Å². The third-order valence-electron chi connectivity index (χ3n) is 2.91. The first-order valence-electron chi connectivity index (χ1n) is 6.02. The lowest BCUT2D eigenvalue weighted by Gasteiger charge is -2.09. The molecule has 0 aliphatic rings. The van der Waals surface area contributed by atoms with Crippen LogP contribution in [0.3, 0.4) is 0 Å². The number of hydrogen-bond donors (Lipinski definition) is 2. The van der Waals surface area contributed by atoms with Gasteiger partial charge >= 0.3 is 0 Å². The Bertz CT molecular complexity index is 767. The van der Waals surface area contributed by atoms with Crippen molar-refractivity contribution >= 4 is 27.3 Å². The molecule has 3 N–H and O–H groups in total. The van der Waals surface area contributed by atoms with E-state index in [1.165, 1.54) is 13.0 Å². The summed E-state index contributed by atoms with van der Waals surface area (Å²) >= 11 is 5.71. The van der Waals surface area contributed by atoms with Crippen LogP contribution in [0.4, 0.5) is 10.1 Å². The first-order valence-corrected chi connectivity index (χ1v) is 7.88. The second-order valence-corrected chi connectivity index (χ2v) is 6.55. The number of furan rings is 1. The number of benzene rings is 1. The molecule has 0 atom stereocenters. The predicted molar refractivity (Wildman–Crippen MR) is 78.3 cm³/mol. The van der Waals surface area contributed by atoms with Gasteiger partial charge in [-0.2, -0.15) is 0 Å². The van der Waals surface area contributed by atoms with Crippen molar-refractivity contribution in [1.29, 1.82) is 0 Å². The smallest absolute Gasteiger partial charge is 0.265 e. The van der Waals surface area contributed by atoms with Crippen molar-refractivity contribution in [2.45, 2.75) is 25.3 Å². The summed E-state index contributed by atoms with van der Waals surface area (Å²) in [5.41, 5.74) is 5.99. The average molecular weight is 333 g/mol. The molecule has 5 nitrogen and oxygen atoms in total. The summed E-state index contributed by atoms with van der Waals surface area (Å²) < 4.78 is 45.8. The molecule has 8 heteroatoms. The van der Waals surface area contributed by atoms with Crippen molar-refractivity contribution in [3.63, 3.8) is 0 Å². The molecule has 21 heavy (non-hydrogen) atoms. The number of anilines is 1. The van der Waals surface area contributed by atoms with Crippen LogP contribution in [-0.4, -0.2) is 8.42 Å². The van der Waals surface area contributed by atoms with E-state index in [1.807, 2.05) is 0 Å². The van der Waals surface area contributed by atoms with E-state index in [9.17, 15) is 12.8 Å². The summed E-state index contributed by atoms with van der Waals surface area (Å²) in [4.78, 5) is -0.0251. The minimum absolute atomic E-state index is 0.0172. The van der Waals surface area contributed by atoms with Gasteiger partial charge in [0.1, 0.15) is 22.2 Å². The van der Waals surface area contributed by atoms with E-state index < -0.39 is 15.8 Å². The summed E-state index contributed by atoms with van der Waals surface area (Å²) in [7, 11) is -3.95. The molecule has 0 spiro atoms.